The summed E-state index contributed by atoms with van der Waals surface area (Å²) in [6, 6.07) is 12.9. The number of methoxy groups -OCH3 is 2. The molecule has 3 aromatic rings. The molecule has 1 heterocycles. The van der Waals surface area contributed by atoms with E-state index < -0.39 is 5.63 Å². The van der Waals surface area contributed by atoms with Gasteiger partial charge in [0.05, 0.1) is 25.2 Å². The maximum atomic E-state index is 12.2. The van der Waals surface area contributed by atoms with E-state index >= 15 is 0 Å². The average molecular weight is 354 g/mol. The molecule has 5 nitrogen and oxygen atoms in total. The van der Waals surface area contributed by atoms with Crippen molar-refractivity contribution in [3.05, 3.63) is 64.0 Å². The van der Waals surface area contributed by atoms with E-state index in [4.69, 9.17) is 13.9 Å². The Morgan fingerprint density at radius 3 is 2.54 bits per heavy atom. The zero-order valence-corrected chi connectivity index (χ0v) is 15.0. The van der Waals surface area contributed by atoms with E-state index in [1.807, 2.05) is 24.3 Å². The Bertz CT molecular complexity index is 958. The molecule has 0 aliphatic heterocycles. The van der Waals surface area contributed by atoms with Gasteiger partial charge in [0.15, 0.2) is 0 Å². The number of aryl methyl sites for hydroxylation is 1. The van der Waals surface area contributed by atoms with Gasteiger partial charge < -0.3 is 19.0 Å². The van der Waals surface area contributed by atoms with Crippen molar-refractivity contribution in [2.75, 3.05) is 14.2 Å². The quantitative estimate of drug-likeness (QED) is 0.511. The minimum absolute atomic E-state index is 0.00352. The van der Waals surface area contributed by atoms with Crippen LogP contribution in [0.15, 0.2) is 51.7 Å². The summed E-state index contributed by atoms with van der Waals surface area (Å²) in [6.07, 6.45) is 2.95. The topological polar surface area (TPSA) is 68.9 Å². The van der Waals surface area contributed by atoms with Crippen molar-refractivity contribution < 1.29 is 19.0 Å². The van der Waals surface area contributed by atoms with Gasteiger partial charge in [-0.05, 0) is 49.4 Å². The van der Waals surface area contributed by atoms with Gasteiger partial charge in [-0.2, -0.15) is 0 Å². The van der Waals surface area contributed by atoms with Crippen LogP contribution in [0.25, 0.3) is 11.0 Å². The van der Waals surface area contributed by atoms with Crippen LogP contribution in [0.1, 0.15) is 24.0 Å². The molecular formula is C21H22O5. The molecule has 0 saturated carbocycles. The molecule has 5 heteroatoms. The highest BCUT2D eigenvalue weighted by molar-refractivity contribution is 5.85. The minimum atomic E-state index is -0.499. The maximum absolute atomic E-state index is 12.2. The number of para-hydroxylation sites is 1. The second-order valence-electron chi connectivity index (χ2n) is 6.10. The van der Waals surface area contributed by atoms with Gasteiger partial charge in [-0.1, -0.05) is 18.2 Å². The standard InChI is InChI=1S/C21H22O5/c1-24-15-11-12-16-19(13-15)26-21(23)17(20(16)22)9-5-3-7-14-8-4-6-10-18(14)25-2/h4,6,8,10-13,22H,3,5,7,9H2,1-2H3. The number of unbranched alkanes of at least 4 members (excludes halogenated alkanes) is 1. The largest absolute Gasteiger partial charge is 0.507 e. The molecule has 136 valence electrons. The first kappa shape index (κ1) is 17.9. The van der Waals surface area contributed by atoms with Crippen LogP contribution in [0.4, 0.5) is 0 Å². The van der Waals surface area contributed by atoms with Crippen molar-refractivity contribution in [3.8, 4) is 17.2 Å². The number of ether oxygens (including phenoxy) is 2. The highest BCUT2D eigenvalue weighted by atomic mass is 16.5. The first-order valence-electron chi connectivity index (χ1n) is 8.58. The molecule has 0 spiro atoms. The molecule has 0 unspecified atom stereocenters. The number of hydrogen-bond donors (Lipinski definition) is 1. The molecule has 0 atom stereocenters. The lowest BCUT2D eigenvalue weighted by molar-refractivity contribution is 0.408. The summed E-state index contributed by atoms with van der Waals surface area (Å²) >= 11 is 0. The fourth-order valence-corrected chi connectivity index (χ4v) is 3.08. The highest BCUT2D eigenvalue weighted by Gasteiger charge is 2.14. The van der Waals surface area contributed by atoms with Crippen LogP contribution in [0, 0.1) is 0 Å². The third-order valence-electron chi connectivity index (χ3n) is 4.49. The van der Waals surface area contributed by atoms with Gasteiger partial charge in [0.1, 0.15) is 22.8 Å². The molecule has 0 aliphatic rings. The molecule has 0 amide bonds. The first-order chi connectivity index (χ1) is 12.6. The predicted molar refractivity (Wildman–Crippen MR) is 100 cm³/mol. The van der Waals surface area contributed by atoms with Crippen LogP contribution < -0.4 is 15.1 Å². The molecule has 26 heavy (non-hydrogen) atoms. The minimum Gasteiger partial charge on any atom is -0.507 e. The van der Waals surface area contributed by atoms with Gasteiger partial charge in [-0.15, -0.1) is 0 Å². The molecule has 0 saturated heterocycles. The predicted octanol–water partition coefficient (Wildman–Crippen LogP) is 4.08. The monoisotopic (exact) mass is 354 g/mol. The van der Waals surface area contributed by atoms with Gasteiger partial charge in [-0.25, -0.2) is 4.79 Å². The molecule has 3 rings (SSSR count). The van der Waals surface area contributed by atoms with Crippen LogP contribution in [-0.4, -0.2) is 19.3 Å². The van der Waals surface area contributed by atoms with Crippen LogP contribution in [0.3, 0.4) is 0 Å². The fraction of sp³-hybridized carbons (Fsp3) is 0.286. The van der Waals surface area contributed by atoms with Crippen molar-refractivity contribution in [1.82, 2.24) is 0 Å². The number of fused-ring (bicyclic) bond motifs is 1. The number of hydrogen-bond acceptors (Lipinski definition) is 5. The lowest BCUT2D eigenvalue weighted by Crippen LogP contribution is -2.08. The number of aromatic hydroxyl groups is 1. The smallest absolute Gasteiger partial charge is 0.343 e. The molecule has 1 aromatic heterocycles. The number of rotatable bonds is 7. The van der Waals surface area contributed by atoms with E-state index in [2.05, 4.69) is 0 Å². The molecule has 0 radical (unpaired) electrons. The van der Waals surface area contributed by atoms with Gasteiger partial charge in [0.25, 0.3) is 0 Å². The first-order valence-corrected chi connectivity index (χ1v) is 8.58. The van der Waals surface area contributed by atoms with E-state index in [1.165, 1.54) is 7.11 Å². The lowest BCUT2D eigenvalue weighted by Gasteiger charge is -2.09. The summed E-state index contributed by atoms with van der Waals surface area (Å²) in [7, 11) is 3.20. The van der Waals surface area contributed by atoms with E-state index in [-0.39, 0.29) is 5.75 Å². The number of benzene rings is 2. The Hall–Kier alpha value is -2.95. The summed E-state index contributed by atoms with van der Waals surface area (Å²) in [5.74, 6) is 1.44. The Balaban J connectivity index is 1.72. The zero-order valence-electron chi connectivity index (χ0n) is 15.0. The summed E-state index contributed by atoms with van der Waals surface area (Å²) in [5.41, 5.74) is 1.28. The Kier molecular flexibility index (Phi) is 5.46. The summed E-state index contributed by atoms with van der Waals surface area (Å²) in [6.45, 7) is 0. The van der Waals surface area contributed by atoms with Crippen molar-refractivity contribution in [1.29, 1.82) is 0 Å². The second kappa shape index (κ2) is 7.95. The maximum Gasteiger partial charge on any atom is 0.343 e. The van der Waals surface area contributed by atoms with Crippen LogP contribution in [0.5, 0.6) is 17.2 Å². The molecule has 1 N–H and O–H groups in total. The molecule has 2 aromatic carbocycles. The Morgan fingerprint density at radius 2 is 1.77 bits per heavy atom. The van der Waals surface area contributed by atoms with E-state index in [9.17, 15) is 9.90 Å². The second-order valence-corrected chi connectivity index (χ2v) is 6.10. The van der Waals surface area contributed by atoms with Crippen molar-refractivity contribution >= 4 is 11.0 Å². The Morgan fingerprint density at radius 1 is 1.00 bits per heavy atom. The van der Waals surface area contributed by atoms with E-state index in [1.54, 1.807) is 25.3 Å². The highest BCUT2D eigenvalue weighted by Crippen LogP contribution is 2.30. The van der Waals surface area contributed by atoms with Gasteiger partial charge in [0, 0.05) is 6.07 Å². The van der Waals surface area contributed by atoms with Crippen LogP contribution in [0.2, 0.25) is 0 Å². The fourth-order valence-electron chi connectivity index (χ4n) is 3.08. The molecule has 0 bridgehead atoms. The van der Waals surface area contributed by atoms with Crippen molar-refractivity contribution in [2.45, 2.75) is 25.7 Å². The normalized spacial score (nSPS) is 10.8. The van der Waals surface area contributed by atoms with Crippen LogP contribution >= 0.6 is 0 Å². The van der Waals surface area contributed by atoms with E-state index in [0.29, 0.717) is 28.7 Å². The van der Waals surface area contributed by atoms with Gasteiger partial charge in [-0.3, -0.25) is 0 Å². The van der Waals surface area contributed by atoms with Crippen molar-refractivity contribution in [3.63, 3.8) is 0 Å². The van der Waals surface area contributed by atoms with Crippen LogP contribution in [-0.2, 0) is 12.8 Å². The summed E-state index contributed by atoms with van der Waals surface area (Å²) in [4.78, 5) is 12.2. The Labute approximate surface area is 151 Å². The van der Waals surface area contributed by atoms with Gasteiger partial charge in [0.2, 0.25) is 0 Å². The van der Waals surface area contributed by atoms with Crippen molar-refractivity contribution in [2.24, 2.45) is 0 Å². The molecule has 0 fully saturated rings. The summed E-state index contributed by atoms with van der Waals surface area (Å²) in [5, 5.41) is 11.0. The molecular weight excluding hydrogens is 332 g/mol. The zero-order chi connectivity index (χ0) is 18.5. The summed E-state index contributed by atoms with van der Waals surface area (Å²) < 4.78 is 15.8. The average Bonchev–Trinajstić information content (AvgIpc) is 2.67. The lowest BCUT2D eigenvalue weighted by atomic mass is 10.0. The third-order valence-corrected chi connectivity index (χ3v) is 4.49. The van der Waals surface area contributed by atoms with E-state index in [0.717, 1.165) is 30.6 Å². The third kappa shape index (κ3) is 3.67. The van der Waals surface area contributed by atoms with Gasteiger partial charge >= 0.3 is 5.63 Å². The SMILES string of the molecule is COc1ccc2c(O)c(CCCCc3ccccc3OC)c(=O)oc2c1. The molecule has 0 aliphatic carbocycles.